The van der Waals surface area contributed by atoms with E-state index in [1.54, 1.807) is 12.1 Å². The van der Waals surface area contributed by atoms with E-state index >= 15 is 0 Å². The topological polar surface area (TPSA) is 68.1 Å². The van der Waals surface area contributed by atoms with E-state index in [1.807, 2.05) is 13.0 Å². The number of aryl methyl sites for hydroxylation is 1. The lowest BCUT2D eigenvalue weighted by Gasteiger charge is -2.09. The maximum absolute atomic E-state index is 10.8. The molecule has 1 N–H and O–H groups in total. The molecule has 2 aromatic rings. The summed E-state index contributed by atoms with van der Waals surface area (Å²) in [6.07, 6.45) is 0.998. The zero-order chi connectivity index (χ0) is 13.1. The van der Waals surface area contributed by atoms with Crippen LogP contribution in [0.3, 0.4) is 0 Å². The quantitative estimate of drug-likeness (QED) is 0.663. The number of nitrogens with one attached hydrogen (secondary N) is 1. The van der Waals surface area contributed by atoms with E-state index < -0.39 is 0 Å². The average molecular weight is 245 g/mol. The highest BCUT2D eigenvalue weighted by molar-refractivity contribution is 5.93. The van der Waals surface area contributed by atoms with Crippen LogP contribution in [0.25, 0.3) is 10.9 Å². The van der Waals surface area contributed by atoms with Gasteiger partial charge in [0, 0.05) is 35.4 Å². The van der Waals surface area contributed by atoms with Crippen molar-refractivity contribution in [2.75, 3.05) is 11.9 Å². The van der Waals surface area contributed by atoms with Crippen LogP contribution in [-0.4, -0.2) is 16.5 Å². The van der Waals surface area contributed by atoms with E-state index in [9.17, 15) is 10.1 Å². The minimum Gasteiger partial charge on any atom is -0.384 e. The van der Waals surface area contributed by atoms with Crippen LogP contribution in [0, 0.1) is 17.0 Å². The molecule has 1 aromatic heterocycles. The van der Waals surface area contributed by atoms with Crippen LogP contribution in [0.2, 0.25) is 0 Å². The van der Waals surface area contributed by atoms with Crippen molar-refractivity contribution in [3.05, 3.63) is 40.1 Å². The van der Waals surface area contributed by atoms with Crippen molar-refractivity contribution in [2.45, 2.75) is 20.3 Å². The van der Waals surface area contributed by atoms with Crippen LogP contribution in [0.1, 0.15) is 19.0 Å². The minimum atomic E-state index is -0.386. The zero-order valence-electron chi connectivity index (χ0n) is 10.4. The maximum Gasteiger partial charge on any atom is 0.270 e. The predicted molar refractivity (Wildman–Crippen MR) is 71.9 cm³/mol. The summed E-state index contributed by atoms with van der Waals surface area (Å²) in [5.41, 5.74) is 2.67. The number of nitro benzene ring substituents is 1. The van der Waals surface area contributed by atoms with Gasteiger partial charge in [-0.05, 0) is 25.5 Å². The van der Waals surface area contributed by atoms with Crippen LogP contribution >= 0.6 is 0 Å². The highest BCUT2D eigenvalue weighted by Gasteiger charge is 2.10. The average Bonchev–Trinajstić information content (AvgIpc) is 2.35. The Hall–Kier alpha value is -2.17. The van der Waals surface area contributed by atoms with Crippen molar-refractivity contribution < 1.29 is 4.92 Å². The molecule has 1 aromatic carbocycles. The van der Waals surface area contributed by atoms with Crippen molar-refractivity contribution >= 4 is 22.3 Å². The van der Waals surface area contributed by atoms with Gasteiger partial charge in [0.15, 0.2) is 0 Å². The number of rotatable bonds is 4. The smallest absolute Gasteiger partial charge is 0.270 e. The van der Waals surface area contributed by atoms with E-state index in [0.29, 0.717) is 0 Å². The van der Waals surface area contributed by atoms with Gasteiger partial charge in [-0.1, -0.05) is 6.92 Å². The molecule has 0 aliphatic heterocycles. The van der Waals surface area contributed by atoms with Crippen molar-refractivity contribution in [3.63, 3.8) is 0 Å². The number of hydrogen-bond donors (Lipinski definition) is 1. The highest BCUT2D eigenvalue weighted by atomic mass is 16.6. The molecule has 5 nitrogen and oxygen atoms in total. The summed E-state index contributed by atoms with van der Waals surface area (Å²) in [7, 11) is 0. The molecule has 0 spiro atoms. The molecule has 0 aliphatic rings. The summed E-state index contributed by atoms with van der Waals surface area (Å²) < 4.78 is 0. The fraction of sp³-hybridized carbons (Fsp3) is 0.308. The third-order valence-electron chi connectivity index (χ3n) is 2.70. The number of anilines is 1. The summed E-state index contributed by atoms with van der Waals surface area (Å²) in [4.78, 5) is 14.8. The SMILES string of the molecule is CCCNc1cc(C)nc2ccc([N+](=O)[O-])cc12. The summed E-state index contributed by atoms with van der Waals surface area (Å²) in [6, 6.07) is 6.66. The van der Waals surface area contributed by atoms with Gasteiger partial charge < -0.3 is 5.32 Å². The molecule has 0 bridgehead atoms. The lowest BCUT2D eigenvalue weighted by Crippen LogP contribution is -2.02. The van der Waals surface area contributed by atoms with Crippen molar-refractivity contribution in [3.8, 4) is 0 Å². The second-order valence-electron chi connectivity index (χ2n) is 4.20. The first-order valence-corrected chi connectivity index (χ1v) is 5.91. The number of nitrogens with zero attached hydrogens (tertiary/aromatic N) is 2. The Morgan fingerprint density at radius 2 is 2.17 bits per heavy atom. The molecule has 0 amide bonds. The molecular weight excluding hydrogens is 230 g/mol. The van der Waals surface area contributed by atoms with Gasteiger partial charge in [0.1, 0.15) is 0 Å². The van der Waals surface area contributed by atoms with E-state index in [2.05, 4.69) is 17.2 Å². The molecule has 0 fully saturated rings. The maximum atomic E-state index is 10.8. The van der Waals surface area contributed by atoms with Gasteiger partial charge in [0.25, 0.3) is 5.69 Å². The van der Waals surface area contributed by atoms with Crippen LogP contribution in [0.5, 0.6) is 0 Å². The van der Waals surface area contributed by atoms with E-state index in [-0.39, 0.29) is 10.6 Å². The molecule has 0 unspecified atom stereocenters. The number of nitro groups is 1. The number of aromatic nitrogens is 1. The van der Waals surface area contributed by atoms with Gasteiger partial charge in [-0.25, -0.2) is 0 Å². The van der Waals surface area contributed by atoms with E-state index in [0.717, 1.165) is 35.2 Å². The van der Waals surface area contributed by atoms with Gasteiger partial charge in [0.05, 0.1) is 10.4 Å². The van der Waals surface area contributed by atoms with Crippen LogP contribution in [0.15, 0.2) is 24.3 Å². The van der Waals surface area contributed by atoms with Gasteiger partial charge >= 0.3 is 0 Å². The standard InChI is InChI=1S/C13H15N3O2/c1-3-6-14-13-7-9(2)15-12-5-4-10(16(17)18)8-11(12)13/h4-5,7-8H,3,6H2,1-2H3,(H,14,15). The summed E-state index contributed by atoms with van der Waals surface area (Å²) in [6.45, 7) is 4.82. The Balaban J connectivity index is 2.58. The number of pyridine rings is 1. The fourth-order valence-corrected chi connectivity index (χ4v) is 1.87. The first-order valence-electron chi connectivity index (χ1n) is 5.91. The van der Waals surface area contributed by atoms with Crippen molar-refractivity contribution in [1.82, 2.24) is 4.98 Å². The van der Waals surface area contributed by atoms with E-state index in [1.165, 1.54) is 6.07 Å². The molecular formula is C13H15N3O2. The lowest BCUT2D eigenvalue weighted by molar-refractivity contribution is -0.384. The second-order valence-corrected chi connectivity index (χ2v) is 4.20. The molecule has 2 rings (SSSR count). The Bertz CT molecular complexity index is 596. The normalized spacial score (nSPS) is 10.6. The lowest BCUT2D eigenvalue weighted by atomic mass is 10.1. The number of non-ortho nitro benzene ring substituents is 1. The fourth-order valence-electron chi connectivity index (χ4n) is 1.87. The summed E-state index contributed by atoms with van der Waals surface area (Å²) in [5, 5.41) is 14.9. The molecule has 0 atom stereocenters. The first-order chi connectivity index (χ1) is 8.61. The summed E-state index contributed by atoms with van der Waals surface area (Å²) >= 11 is 0. The largest absolute Gasteiger partial charge is 0.384 e. The third kappa shape index (κ3) is 2.40. The predicted octanol–water partition coefficient (Wildman–Crippen LogP) is 3.27. The van der Waals surface area contributed by atoms with Crippen molar-refractivity contribution in [1.29, 1.82) is 0 Å². The molecule has 0 saturated carbocycles. The van der Waals surface area contributed by atoms with Gasteiger partial charge in [0.2, 0.25) is 0 Å². The Morgan fingerprint density at radius 3 is 2.83 bits per heavy atom. The number of fused-ring (bicyclic) bond motifs is 1. The highest BCUT2D eigenvalue weighted by Crippen LogP contribution is 2.27. The van der Waals surface area contributed by atoms with Crippen LogP contribution < -0.4 is 5.32 Å². The van der Waals surface area contributed by atoms with Crippen LogP contribution in [0.4, 0.5) is 11.4 Å². The molecule has 0 radical (unpaired) electrons. The second kappa shape index (κ2) is 5.00. The zero-order valence-corrected chi connectivity index (χ0v) is 10.4. The third-order valence-corrected chi connectivity index (χ3v) is 2.70. The Labute approximate surface area is 105 Å². The van der Waals surface area contributed by atoms with Crippen molar-refractivity contribution in [2.24, 2.45) is 0 Å². The van der Waals surface area contributed by atoms with Gasteiger partial charge in [-0.3, -0.25) is 15.1 Å². The molecule has 5 heteroatoms. The number of hydrogen-bond acceptors (Lipinski definition) is 4. The van der Waals surface area contributed by atoms with Gasteiger partial charge in [-0.2, -0.15) is 0 Å². The Morgan fingerprint density at radius 1 is 1.39 bits per heavy atom. The Kier molecular flexibility index (Phi) is 3.41. The molecule has 1 heterocycles. The first kappa shape index (κ1) is 12.3. The molecule has 18 heavy (non-hydrogen) atoms. The minimum absolute atomic E-state index is 0.0905. The van der Waals surface area contributed by atoms with Crippen LogP contribution in [-0.2, 0) is 0 Å². The molecule has 0 aliphatic carbocycles. The number of benzene rings is 1. The van der Waals surface area contributed by atoms with E-state index in [4.69, 9.17) is 0 Å². The molecule has 94 valence electrons. The molecule has 0 saturated heterocycles. The summed E-state index contributed by atoms with van der Waals surface area (Å²) in [5.74, 6) is 0. The van der Waals surface area contributed by atoms with Gasteiger partial charge in [-0.15, -0.1) is 0 Å². The monoisotopic (exact) mass is 245 g/mol.